The number of nitrogens with zero attached hydrogens (tertiary/aromatic N) is 3. The predicted molar refractivity (Wildman–Crippen MR) is 31.8 cm³/mol. The van der Waals surface area contributed by atoms with Crippen molar-refractivity contribution in [2.45, 2.75) is 0 Å². The summed E-state index contributed by atoms with van der Waals surface area (Å²) in [5, 5.41) is 8.20. The second kappa shape index (κ2) is 2.14. The summed E-state index contributed by atoms with van der Waals surface area (Å²) in [4.78, 5) is 19.1. The van der Waals surface area contributed by atoms with Crippen molar-refractivity contribution in [3.8, 4) is 0 Å². The number of amides is 1. The fourth-order valence-electron chi connectivity index (χ4n) is 0.544. The van der Waals surface area contributed by atoms with E-state index in [1.807, 2.05) is 0 Å². The van der Waals surface area contributed by atoms with Crippen LogP contribution in [0.5, 0.6) is 0 Å². The van der Waals surface area contributed by atoms with Crippen molar-refractivity contribution in [2.24, 2.45) is 5.73 Å². The minimum absolute atomic E-state index is 0.0208. The Morgan fingerprint density at radius 2 is 2.60 bits per heavy atom. The molecule has 0 radical (unpaired) electrons. The summed E-state index contributed by atoms with van der Waals surface area (Å²) in [5.41, 5.74) is 4.77. The molecule has 0 fully saturated rings. The number of carbonyl (C=O) groups excluding carboxylic acids is 1. The lowest BCUT2D eigenvalue weighted by Gasteiger charge is -1.77. The lowest BCUT2D eigenvalue weighted by atomic mass is 10.4. The highest BCUT2D eigenvalue weighted by molar-refractivity contribution is 5.95. The summed E-state index contributed by atoms with van der Waals surface area (Å²) in [7, 11) is 0. The second-order valence-electron chi connectivity index (χ2n) is 1.56. The number of diazo groups is 1. The van der Waals surface area contributed by atoms with Gasteiger partial charge in [-0.15, -0.1) is 0 Å². The molecule has 1 aromatic heterocycles. The average molecular weight is 138 g/mol. The molecule has 0 atom stereocenters. The Kier molecular flexibility index (Phi) is 1.33. The second-order valence-corrected chi connectivity index (χ2v) is 1.56. The third-order valence-electron chi connectivity index (χ3n) is 0.953. The maximum Gasteiger partial charge on any atom is 0.455 e. The molecule has 50 valence electrons. The Balaban J connectivity index is 3.17. The van der Waals surface area contributed by atoms with Crippen LogP contribution in [0.2, 0.25) is 0 Å². The van der Waals surface area contributed by atoms with E-state index in [1.54, 1.807) is 0 Å². The normalized spacial score (nSPS) is 8.70. The molecule has 0 bridgehead atoms. The Labute approximate surface area is 55.7 Å². The standard InChI is InChI=1S/C4H3N5O/c5-3(10)2-4(9-6)8-1-7-2/h1H,(H2-,5,7,8,10)/p+1. The van der Waals surface area contributed by atoms with Crippen LogP contribution < -0.4 is 5.73 Å². The zero-order chi connectivity index (χ0) is 7.56. The van der Waals surface area contributed by atoms with E-state index in [4.69, 9.17) is 11.1 Å². The molecule has 1 heterocycles. The van der Waals surface area contributed by atoms with E-state index < -0.39 is 5.91 Å². The summed E-state index contributed by atoms with van der Waals surface area (Å²) < 4.78 is 0. The van der Waals surface area contributed by atoms with E-state index in [-0.39, 0.29) is 11.5 Å². The third-order valence-corrected chi connectivity index (χ3v) is 0.953. The lowest BCUT2D eigenvalue weighted by molar-refractivity contribution is 0.0997. The molecule has 3 N–H and O–H groups in total. The van der Waals surface area contributed by atoms with Crippen molar-refractivity contribution in [1.29, 1.82) is 5.39 Å². The number of primary amides is 1. The summed E-state index contributed by atoms with van der Waals surface area (Å²) in [6.45, 7) is 0. The van der Waals surface area contributed by atoms with Crippen molar-refractivity contribution >= 4 is 11.7 Å². The Morgan fingerprint density at radius 1 is 1.90 bits per heavy atom. The van der Waals surface area contributed by atoms with Crippen LogP contribution in [0.15, 0.2) is 6.33 Å². The molecule has 0 unspecified atom stereocenters. The van der Waals surface area contributed by atoms with Crippen LogP contribution in [0.4, 0.5) is 5.82 Å². The van der Waals surface area contributed by atoms with Gasteiger partial charge in [-0.1, -0.05) is 0 Å². The van der Waals surface area contributed by atoms with Gasteiger partial charge in [0.05, 0.1) is 5.39 Å². The molecule has 6 heteroatoms. The van der Waals surface area contributed by atoms with Gasteiger partial charge in [0.15, 0.2) is 6.33 Å². The van der Waals surface area contributed by atoms with E-state index >= 15 is 0 Å². The maximum absolute atomic E-state index is 10.4. The molecule has 0 saturated carbocycles. The summed E-state index contributed by atoms with van der Waals surface area (Å²) in [6.07, 6.45) is 1.22. The van der Waals surface area contributed by atoms with Crippen LogP contribution in [0.1, 0.15) is 10.5 Å². The smallest absolute Gasteiger partial charge is 0.364 e. The fraction of sp³-hybridized carbons (Fsp3) is 0. The van der Waals surface area contributed by atoms with Crippen molar-refractivity contribution < 1.29 is 4.79 Å². The number of hydrogen-bond acceptors (Lipinski definition) is 3. The molecule has 1 amide bonds. The van der Waals surface area contributed by atoms with Crippen molar-refractivity contribution in [3.63, 3.8) is 0 Å². The van der Waals surface area contributed by atoms with Gasteiger partial charge in [0.25, 0.3) is 5.91 Å². The first-order valence-corrected chi connectivity index (χ1v) is 2.44. The van der Waals surface area contributed by atoms with Crippen molar-refractivity contribution in [2.75, 3.05) is 0 Å². The molecule has 1 aromatic rings. The molecule has 0 aliphatic heterocycles. The molecule has 0 aliphatic carbocycles. The van der Waals surface area contributed by atoms with Gasteiger partial charge in [-0.25, -0.2) is 9.97 Å². The van der Waals surface area contributed by atoms with Crippen LogP contribution in [-0.4, -0.2) is 15.9 Å². The zero-order valence-corrected chi connectivity index (χ0v) is 4.90. The number of rotatable bonds is 1. The van der Waals surface area contributed by atoms with Crippen molar-refractivity contribution in [3.05, 3.63) is 17.0 Å². The summed E-state index contributed by atoms with van der Waals surface area (Å²) in [5.74, 6) is -0.749. The van der Waals surface area contributed by atoms with Gasteiger partial charge in [-0.2, -0.15) is 0 Å². The monoisotopic (exact) mass is 138 g/mol. The number of nitrogens with one attached hydrogen (secondary N) is 1. The van der Waals surface area contributed by atoms with E-state index in [1.165, 1.54) is 6.33 Å². The first-order chi connectivity index (χ1) is 4.75. The molecule has 1 rings (SSSR count). The predicted octanol–water partition coefficient (Wildman–Crippen LogP) is -0.00682. The zero-order valence-electron chi connectivity index (χ0n) is 4.90. The van der Waals surface area contributed by atoms with Gasteiger partial charge in [0.2, 0.25) is 5.69 Å². The highest BCUT2D eigenvalue weighted by atomic mass is 16.1. The number of hydrogen-bond donors (Lipinski definition) is 2. The summed E-state index contributed by atoms with van der Waals surface area (Å²) in [6, 6.07) is 0. The molecule has 0 saturated heterocycles. The van der Waals surface area contributed by atoms with Gasteiger partial charge < -0.3 is 5.73 Å². The lowest BCUT2D eigenvalue weighted by Crippen LogP contribution is -2.11. The highest BCUT2D eigenvalue weighted by Crippen LogP contribution is 2.10. The SMILES string of the molecule is N#[N+]c1[nH]cnc1C(N)=O. The number of carbonyl (C=O) groups is 1. The van der Waals surface area contributed by atoms with Crippen LogP contribution in [0, 0.1) is 5.39 Å². The molecular formula is C4H4N5O+. The Bertz CT molecular complexity index is 295. The maximum atomic E-state index is 10.4. The Hall–Kier alpha value is -1.90. The first-order valence-electron chi connectivity index (χ1n) is 2.44. The molecule has 0 spiro atoms. The number of imidazole rings is 1. The van der Waals surface area contributed by atoms with E-state index in [9.17, 15) is 4.79 Å². The van der Waals surface area contributed by atoms with Gasteiger partial charge in [0.1, 0.15) is 0 Å². The molecule has 6 nitrogen and oxygen atoms in total. The van der Waals surface area contributed by atoms with Gasteiger partial charge in [0, 0.05) is 4.98 Å². The number of aromatic nitrogens is 2. The van der Waals surface area contributed by atoms with Gasteiger partial charge in [-0.05, 0) is 0 Å². The van der Waals surface area contributed by atoms with E-state index in [0.717, 1.165) is 0 Å². The molecule has 0 aromatic carbocycles. The van der Waals surface area contributed by atoms with Crippen LogP contribution in [-0.2, 0) is 0 Å². The van der Waals surface area contributed by atoms with Crippen LogP contribution in [0.3, 0.4) is 0 Å². The topological polar surface area (TPSA) is 99.9 Å². The number of H-pyrrole nitrogens is 1. The van der Waals surface area contributed by atoms with Crippen LogP contribution in [0.25, 0.3) is 4.98 Å². The molecular weight excluding hydrogens is 134 g/mol. The Morgan fingerprint density at radius 3 is 3.00 bits per heavy atom. The highest BCUT2D eigenvalue weighted by Gasteiger charge is 2.19. The minimum Gasteiger partial charge on any atom is -0.364 e. The van der Waals surface area contributed by atoms with E-state index in [2.05, 4.69) is 14.9 Å². The molecule has 0 aliphatic rings. The van der Waals surface area contributed by atoms with Gasteiger partial charge >= 0.3 is 5.82 Å². The van der Waals surface area contributed by atoms with Crippen LogP contribution >= 0.6 is 0 Å². The quantitative estimate of drug-likeness (QED) is 0.534. The van der Waals surface area contributed by atoms with Gasteiger partial charge in [-0.3, -0.25) is 4.79 Å². The van der Waals surface area contributed by atoms with Crippen molar-refractivity contribution in [1.82, 2.24) is 9.97 Å². The number of nitrogens with two attached hydrogens (primary N) is 1. The average Bonchev–Trinajstić information content (AvgIpc) is 2.33. The largest absolute Gasteiger partial charge is 0.455 e. The third kappa shape index (κ3) is 0.798. The number of aromatic amines is 1. The summed E-state index contributed by atoms with van der Waals surface area (Å²) >= 11 is 0. The minimum atomic E-state index is -0.728. The van der Waals surface area contributed by atoms with E-state index in [0.29, 0.717) is 0 Å². The fourth-order valence-corrected chi connectivity index (χ4v) is 0.544. The molecule has 10 heavy (non-hydrogen) atoms. The first kappa shape index (κ1) is 6.22.